The van der Waals surface area contributed by atoms with E-state index < -0.39 is 0 Å². The molecule has 2 aromatic rings. The van der Waals surface area contributed by atoms with Gasteiger partial charge in [0.2, 0.25) is 0 Å². The fourth-order valence-corrected chi connectivity index (χ4v) is 3.50. The zero-order valence-electron chi connectivity index (χ0n) is 17.7. The van der Waals surface area contributed by atoms with Crippen LogP contribution in [0.5, 0.6) is 5.75 Å². The van der Waals surface area contributed by atoms with E-state index in [0.717, 1.165) is 12.2 Å². The maximum absolute atomic E-state index is 6.07. The summed E-state index contributed by atoms with van der Waals surface area (Å²) < 4.78 is 6.07. The average Bonchev–Trinajstić information content (AvgIpc) is 2.70. The fourth-order valence-electron chi connectivity index (χ4n) is 3.50. The van der Waals surface area contributed by atoms with Gasteiger partial charge in [0.1, 0.15) is 5.75 Å². The smallest absolute Gasteiger partial charge is 0.119 e. The Morgan fingerprint density at radius 1 is 0.667 bits per heavy atom. The van der Waals surface area contributed by atoms with Gasteiger partial charge >= 0.3 is 0 Å². The van der Waals surface area contributed by atoms with E-state index in [0.29, 0.717) is 6.10 Å². The number of aryl methyl sites for hydroxylation is 1. The minimum atomic E-state index is 0.291. The highest BCUT2D eigenvalue weighted by Gasteiger charge is 2.05. The molecule has 0 aromatic heterocycles. The van der Waals surface area contributed by atoms with E-state index in [1.807, 2.05) is 0 Å². The van der Waals surface area contributed by atoms with Crippen LogP contribution in [0.25, 0.3) is 11.1 Å². The molecule has 0 aliphatic heterocycles. The van der Waals surface area contributed by atoms with E-state index in [2.05, 4.69) is 69.3 Å². The second-order valence-corrected chi connectivity index (χ2v) is 7.81. The SMILES string of the molecule is CCCCCCc1ccc(-c2ccc(O[C@@H](C)CCCCCC)cc2)cc1. The lowest BCUT2D eigenvalue weighted by atomic mass is 10.0. The number of hydrogen-bond acceptors (Lipinski definition) is 1. The van der Waals surface area contributed by atoms with Crippen LogP contribution in [0.3, 0.4) is 0 Å². The van der Waals surface area contributed by atoms with Crippen molar-refractivity contribution >= 4 is 0 Å². The maximum atomic E-state index is 6.07. The third-order valence-corrected chi connectivity index (χ3v) is 5.26. The zero-order chi connectivity index (χ0) is 19.3. The Morgan fingerprint density at radius 2 is 1.22 bits per heavy atom. The Balaban J connectivity index is 1.82. The average molecular weight is 367 g/mol. The molecule has 2 rings (SSSR count). The Hall–Kier alpha value is -1.76. The molecule has 0 N–H and O–H groups in total. The van der Waals surface area contributed by atoms with Crippen molar-refractivity contribution in [2.45, 2.75) is 91.1 Å². The van der Waals surface area contributed by atoms with Gasteiger partial charge in [-0.2, -0.15) is 0 Å². The van der Waals surface area contributed by atoms with E-state index in [9.17, 15) is 0 Å². The standard InChI is InChI=1S/C26H38O/c1-4-6-8-10-12-22(3)27-26-20-18-25(19-21-26)24-16-14-23(15-17-24)13-11-9-7-5-2/h14-22H,4-13H2,1-3H3/t22-/m0/s1. The van der Waals surface area contributed by atoms with Crippen molar-refractivity contribution in [2.75, 3.05) is 0 Å². The van der Waals surface area contributed by atoms with Crippen LogP contribution in [-0.4, -0.2) is 6.10 Å². The molecule has 0 spiro atoms. The molecule has 0 saturated carbocycles. The van der Waals surface area contributed by atoms with Gasteiger partial charge in [0.05, 0.1) is 6.10 Å². The molecular weight excluding hydrogens is 328 g/mol. The maximum Gasteiger partial charge on any atom is 0.119 e. The van der Waals surface area contributed by atoms with Gasteiger partial charge < -0.3 is 4.74 Å². The largest absolute Gasteiger partial charge is 0.491 e. The summed E-state index contributed by atoms with van der Waals surface area (Å²) in [7, 11) is 0. The molecule has 0 radical (unpaired) electrons. The summed E-state index contributed by atoms with van der Waals surface area (Å²) >= 11 is 0. The topological polar surface area (TPSA) is 9.23 Å². The van der Waals surface area contributed by atoms with Gasteiger partial charge in [0.15, 0.2) is 0 Å². The normalized spacial score (nSPS) is 12.1. The molecule has 2 aromatic carbocycles. The molecule has 1 heteroatoms. The Morgan fingerprint density at radius 3 is 1.81 bits per heavy atom. The second-order valence-electron chi connectivity index (χ2n) is 7.81. The molecule has 1 nitrogen and oxygen atoms in total. The third kappa shape index (κ3) is 8.20. The van der Waals surface area contributed by atoms with Crippen LogP contribution in [0.1, 0.15) is 84.1 Å². The lowest BCUT2D eigenvalue weighted by Crippen LogP contribution is -2.11. The monoisotopic (exact) mass is 366 g/mol. The van der Waals surface area contributed by atoms with Gasteiger partial charge in [-0.15, -0.1) is 0 Å². The van der Waals surface area contributed by atoms with E-state index in [1.165, 1.54) is 74.5 Å². The van der Waals surface area contributed by atoms with E-state index in [1.54, 1.807) is 0 Å². The zero-order valence-corrected chi connectivity index (χ0v) is 17.7. The van der Waals surface area contributed by atoms with Gasteiger partial charge in [-0.25, -0.2) is 0 Å². The molecule has 0 bridgehead atoms. The second kappa shape index (κ2) is 12.6. The van der Waals surface area contributed by atoms with Gasteiger partial charge in [-0.05, 0) is 61.4 Å². The first kappa shape index (κ1) is 21.5. The fraction of sp³-hybridized carbons (Fsp3) is 0.538. The van der Waals surface area contributed by atoms with E-state index >= 15 is 0 Å². The number of rotatable bonds is 13. The van der Waals surface area contributed by atoms with Crippen LogP contribution in [0.2, 0.25) is 0 Å². The molecule has 0 heterocycles. The molecule has 0 fully saturated rings. The third-order valence-electron chi connectivity index (χ3n) is 5.26. The van der Waals surface area contributed by atoms with Crippen LogP contribution in [-0.2, 0) is 6.42 Å². The van der Waals surface area contributed by atoms with Crippen molar-refractivity contribution in [3.8, 4) is 16.9 Å². The van der Waals surface area contributed by atoms with Gasteiger partial charge in [-0.1, -0.05) is 88.8 Å². The Labute approximate surface area is 167 Å². The van der Waals surface area contributed by atoms with Crippen LogP contribution < -0.4 is 4.74 Å². The summed E-state index contributed by atoms with van der Waals surface area (Å²) in [6.45, 7) is 6.70. The Kier molecular flexibility index (Phi) is 10.0. The van der Waals surface area contributed by atoms with Crippen LogP contribution in [0.4, 0.5) is 0 Å². The molecule has 0 saturated heterocycles. The predicted octanol–water partition coefficient (Wildman–Crippen LogP) is 8.21. The lowest BCUT2D eigenvalue weighted by Gasteiger charge is -2.15. The first-order chi connectivity index (χ1) is 13.2. The molecule has 0 amide bonds. The molecule has 0 aliphatic rings. The van der Waals surface area contributed by atoms with E-state index in [-0.39, 0.29) is 0 Å². The lowest BCUT2D eigenvalue weighted by molar-refractivity contribution is 0.206. The summed E-state index contributed by atoms with van der Waals surface area (Å²) in [5.41, 5.74) is 3.99. The first-order valence-corrected chi connectivity index (χ1v) is 11.1. The molecule has 0 aliphatic carbocycles. The van der Waals surface area contributed by atoms with Gasteiger partial charge in [0.25, 0.3) is 0 Å². The Bertz CT molecular complexity index is 612. The van der Waals surface area contributed by atoms with Crippen molar-refractivity contribution < 1.29 is 4.74 Å². The van der Waals surface area contributed by atoms with E-state index in [4.69, 9.17) is 4.74 Å². The van der Waals surface area contributed by atoms with Gasteiger partial charge in [0, 0.05) is 0 Å². The number of hydrogen-bond donors (Lipinski definition) is 0. The summed E-state index contributed by atoms with van der Waals surface area (Å²) in [6.07, 6.45) is 13.1. The van der Waals surface area contributed by atoms with Crippen LogP contribution in [0.15, 0.2) is 48.5 Å². The molecule has 27 heavy (non-hydrogen) atoms. The minimum absolute atomic E-state index is 0.291. The van der Waals surface area contributed by atoms with Crippen LogP contribution >= 0.6 is 0 Å². The molecular formula is C26H38O. The summed E-state index contributed by atoms with van der Waals surface area (Å²) in [5, 5.41) is 0. The highest BCUT2D eigenvalue weighted by Crippen LogP contribution is 2.24. The molecule has 0 unspecified atom stereocenters. The molecule has 1 atom stereocenters. The summed E-state index contributed by atoms with van der Waals surface area (Å²) in [6, 6.07) is 17.6. The van der Waals surface area contributed by atoms with Crippen molar-refractivity contribution in [2.24, 2.45) is 0 Å². The quantitative estimate of drug-likeness (QED) is 0.324. The highest BCUT2D eigenvalue weighted by molar-refractivity contribution is 5.64. The van der Waals surface area contributed by atoms with Crippen molar-refractivity contribution in [1.82, 2.24) is 0 Å². The summed E-state index contributed by atoms with van der Waals surface area (Å²) in [5.74, 6) is 0.981. The first-order valence-electron chi connectivity index (χ1n) is 11.1. The minimum Gasteiger partial charge on any atom is -0.491 e. The van der Waals surface area contributed by atoms with Crippen molar-refractivity contribution in [3.63, 3.8) is 0 Å². The number of benzene rings is 2. The molecule has 148 valence electrons. The van der Waals surface area contributed by atoms with Crippen LogP contribution in [0, 0.1) is 0 Å². The predicted molar refractivity (Wildman–Crippen MR) is 119 cm³/mol. The van der Waals surface area contributed by atoms with Crippen molar-refractivity contribution in [3.05, 3.63) is 54.1 Å². The number of unbranched alkanes of at least 4 members (excludes halogenated alkanes) is 6. The van der Waals surface area contributed by atoms with Gasteiger partial charge in [-0.3, -0.25) is 0 Å². The highest BCUT2D eigenvalue weighted by atomic mass is 16.5. The number of ether oxygens (including phenoxy) is 1. The van der Waals surface area contributed by atoms with Crippen molar-refractivity contribution in [1.29, 1.82) is 0 Å². The summed E-state index contributed by atoms with van der Waals surface area (Å²) in [4.78, 5) is 0.